The molecule has 0 aromatic carbocycles. The highest BCUT2D eigenvalue weighted by Crippen LogP contribution is 2.63. The number of hydrogen-bond donors (Lipinski definition) is 1. The fourth-order valence-corrected chi connectivity index (χ4v) is 3.82. The van der Waals surface area contributed by atoms with Crippen molar-refractivity contribution in [3.8, 4) is 0 Å². The van der Waals surface area contributed by atoms with E-state index in [0.717, 1.165) is 6.42 Å². The lowest BCUT2D eigenvalue weighted by atomic mass is 9.96. The van der Waals surface area contributed by atoms with Crippen molar-refractivity contribution in [1.29, 1.82) is 0 Å². The number of ketones is 2. The monoisotopic (exact) mass is 307 g/mol. The third-order valence-corrected chi connectivity index (χ3v) is 5.17. The molecule has 0 bridgehead atoms. The largest absolute Gasteiger partial charge is 0.346 e. The van der Waals surface area contributed by atoms with Crippen molar-refractivity contribution in [1.82, 2.24) is 5.32 Å². The molecular weight excluding hydrogens is 278 g/mol. The zero-order valence-electron chi connectivity index (χ0n) is 14.4. The van der Waals surface area contributed by atoms with Gasteiger partial charge in [0, 0.05) is 12.8 Å². The van der Waals surface area contributed by atoms with Gasteiger partial charge in [-0.05, 0) is 30.1 Å². The van der Waals surface area contributed by atoms with Crippen LogP contribution in [0.5, 0.6) is 0 Å². The minimum absolute atomic E-state index is 0.127. The molecule has 124 valence electrons. The summed E-state index contributed by atoms with van der Waals surface area (Å²) in [7, 11) is 0. The van der Waals surface area contributed by atoms with Crippen LogP contribution in [0.4, 0.5) is 0 Å². The Balaban J connectivity index is 2.72. The van der Waals surface area contributed by atoms with Crippen LogP contribution in [0, 0.1) is 23.2 Å². The van der Waals surface area contributed by atoms with Gasteiger partial charge >= 0.3 is 0 Å². The Hall–Kier alpha value is -1.45. The van der Waals surface area contributed by atoms with Gasteiger partial charge in [0.2, 0.25) is 11.7 Å². The van der Waals surface area contributed by atoms with Crippen molar-refractivity contribution in [2.24, 2.45) is 23.2 Å². The minimum Gasteiger partial charge on any atom is -0.346 e. The van der Waals surface area contributed by atoms with Crippen LogP contribution < -0.4 is 5.32 Å². The summed E-state index contributed by atoms with van der Waals surface area (Å²) in [5.74, 6) is -0.429. The lowest BCUT2D eigenvalue weighted by Crippen LogP contribution is -2.45. The van der Waals surface area contributed by atoms with Crippen LogP contribution in [0.2, 0.25) is 0 Å². The third-order valence-electron chi connectivity index (χ3n) is 5.17. The molecule has 22 heavy (non-hydrogen) atoms. The number of allylic oxidation sites excluding steroid dienone is 1. The lowest BCUT2D eigenvalue weighted by molar-refractivity contribution is -0.138. The first kappa shape index (κ1) is 18.6. The topological polar surface area (TPSA) is 63.2 Å². The van der Waals surface area contributed by atoms with Crippen LogP contribution in [-0.2, 0) is 14.4 Å². The molecule has 0 aromatic heterocycles. The molecule has 1 aliphatic carbocycles. The Kier molecular flexibility index (Phi) is 6.09. The van der Waals surface area contributed by atoms with Crippen molar-refractivity contribution in [3.05, 3.63) is 12.7 Å². The summed E-state index contributed by atoms with van der Waals surface area (Å²) in [5, 5.41) is 2.78. The second-order valence-electron chi connectivity index (χ2n) is 7.00. The molecule has 4 heteroatoms. The molecule has 1 fully saturated rings. The molecule has 0 spiro atoms. The van der Waals surface area contributed by atoms with Gasteiger partial charge in [0.15, 0.2) is 5.78 Å². The average Bonchev–Trinajstić information content (AvgIpc) is 3.02. The van der Waals surface area contributed by atoms with Crippen molar-refractivity contribution in [2.45, 2.75) is 59.9 Å². The van der Waals surface area contributed by atoms with E-state index in [9.17, 15) is 14.4 Å². The number of carbonyl (C=O) groups is 3. The van der Waals surface area contributed by atoms with Crippen LogP contribution in [-0.4, -0.2) is 23.5 Å². The molecule has 1 rings (SSSR count). The van der Waals surface area contributed by atoms with Gasteiger partial charge in [0.05, 0.1) is 6.04 Å². The number of hydrogen-bond acceptors (Lipinski definition) is 3. The number of carbonyl (C=O) groups excluding carboxylic acids is 3. The van der Waals surface area contributed by atoms with Gasteiger partial charge in [-0.1, -0.05) is 40.2 Å². The molecule has 0 saturated heterocycles. The molecule has 0 heterocycles. The molecule has 0 radical (unpaired) electrons. The van der Waals surface area contributed by atoms with Crippen molar-refractivity contribution in [3.63, 3.8) is 0 Å². The van der Waals surface area contributed by atoms with Crippen LogP contribution in [0.3, 0.4) is 0 Å². The maximum absolute atomic E-state index is 12.5. The summed E-state index contributed by atoms with van der Waals surface area (Å²) >= 11 is 0. The van der Waals surface area contributed by atoms with E-state index in [1.165, 1.54) is 6.92 Å². The van der Waals surface area contributed by atoms with Crippen molar-refractivity contribution < 1.29 is 14.4 Å². The van der Waals surface area contributed by atoms with Crippen LogP contribution in [0.15, 0.2) is 12.7 Å². The summed E-state index contributed by atoms with van der Waals surface area (Å²) in [5.41, 5.74) is 0.173. The number of amides is 1. The van der Waals surface area contributed by atoms with E-state index in [4.69, 9.17) is 0 Å². The smallest absolute Gasteiger partial charge is 0.223 e. The summed E-state index contributed by atoms with van der Waals surface area (Å²) < 4.78 is 0. The highest BCUT2D eigenvalue weighted by molar-refractivity contribution is 6.38. The number of nitrogens with one attached hydrogen (secondary N) is 1. The van der Waals surface area contributed by atoms with Gasteiger partial charge in [-0.2, -0.15) is 0 Å². The Labute approximate surface area is 133 Å². The van der Waals surface area contributed by atoms with Gasteiger partial charge in [0.25, 0.3) is 0 Å². The quantitative estimate of drug-likeness (QED) is 0.526. The van der Waals surface area contributed by atoms with Gasteiger partial charge in [0.1, 0.15) is 0 Å². The molecule has 1 saturated carbocycles. The predicted octanol–water partition coefficient (Wildman–Crippen LogP) is 2.91. The maximum Gasteiger partial charge on any atom is 0.223 e. The molecule has 1 aliphatic rings. The Bertz CT molecular complexity index is 467. The van der Waals surface area contributed by atoms with Crippen molar-refractivity contribution >= 4 is 17.5 Å². The first-order valence-corrected chi connectivity index (χ1v) is 8.14. The molecule has 4 unspecified atom stereocenters. The molecule has 0 aliphatic heterocycles. The molecular formula is C18H29NO3. The SMILES string of the molecule is C=CCCC(NC(=O)C(C)C1C(CC)C1(C)C)C(=O)C(C)=O. The highest BCUT2D eigenvalue weighted by atomic mass is 16.2. The summed E-state index contributed by atoms with van der Waals surface area (Å²) in [6.45, 7) is 13.3. The van der Waals surface area contributed by atoms with E-state index >= 15 is 0 Å². The zero-order valence-corrected chi connectivity index (χ0v) is 14.4. The van der Waals surface area contributed by atoms with Crippen molar-refractivity contribution in [2.75, 3.05) is 0 Å². The van der Waals surface area contributed by atoms with Gasteiger partial charge in [-0.3, -0.25) is 14.4 Å². The minimum atomic E-state index is -0.729. The number of rotatable bonds is 9. The standard InChI is InChI=1S/C18H29NO3/c1-7-9-10-14(16(21)12(4)20)19-17(22)11(3)15-13(8-2)18(15,5)6/h7,11,13-15H,1,8-10H2,2-6H3,(H,19,22). The van der Waals surface area contributed by atoms with E-state index in [-0.39, 0.29) is 17.2 Å². The van der Waals surface area contributed by atoms with Crippen LogP contribution in [0.1, 0.15) is 53.9 Å². The van der Waals surface area contributed by atoms with E-state index in [1.54, 1.807) is 6.08 Å². The third kappa shape index (κ3) is 3.84. The van der Waals surface area contributed by atoms with E-state index < -0.39 is 17.6 Å². The summed E-state index contributed by atoms with van der Waals surface area (Å²) in [6, 6.07) is -0.729. The fourth-order valence-electron chi connectivity index (χ4n) is 3.82. The first-order chi connectivity index (χ1) is 10.2. The zero-order chi connectivity index (χ0) is 17.1. The van der Waals surface area contributed by atoms with E-state index in [0.29, 0.717) is 24.7 Å². The Morgan fingerprint density at radius 3 is 2.32 bits per heavy atom. The van der Waals surface area contributed by atoms with Crippen LogP contribution >= 0.6 is 0 Å². The fraction of sp³-hybridized carbons (Fsp3) is 0.722. The molecule has 1 amide bonds. The molecule has 4 atom stereocenters. The molecule has 0 aromatic rings. The average molecular weight is 307 g/mol. The lowest BCUT2D eigenvalue weighted by Gasteiger charge is -2.19. The second-order valence-corrected chi connectivity index (χ2v) is 7.00. The molecule has 1 N–H and O–H groups in total. The highest BCUT2D eigenvalue weighted by Gasteiger charge is 2.59. The summed E-state index contributed by atoms with van der Waals surface area (Å²) in [6.07, 6.45) is 3.76. The van der Waals surface area contributed by atoms with Gasteiger partial charge in [-0.15, -0.1) is 6.58 Å². The Morgan fingerprint density at radius 1 is 1.32 bits per heavy atom. The predicted molar refractivity (Wildman–Crippen MR) is 87.3 cm³/mol. The van der Waals surface area contributed by atoms with E-state index in [2.05, 4.69) is 32.7 Å². The maximum atomic E-state index is 12.5. The van der Waals surface area contributed by atoms with Gasteiger partial charge < -0.3 is 5.32 Å². The molecule has 4 nitrogen and oxygen atoms in total. The number of Topliss-reactive ketones (excluding diaryl/α,β-unsaturated/α-hetero) is 2. The first-order valence-electron chi connectivity index (χ1n) is 8.14. The van der Waals surface area contributed by atoms with E-state index in [1.807, 2.05) is 6.92 Å². The van der Waals surface area contributed by atoms with Gasteiger partial charge in [-0.25, -0.2) is 0 Å². The second kappa shape index (κ2) is 7.21. The summed E-state index contributed by atoms with van der Waals surface area (Å²) in [4.78, 5) is 35.7. The Morgan fingerprint density at radius 2 is 1.91 bits per heavy atom. The van der Waals surface area contributed by atoms with Crippen LogP contribution in [0.25, 0.3) is 0 Å². The normalized spacial score (nSPS) is 25.0.